The van der Waals surface area contributed by atoms with E-state index in [1.54, 1.807) is 37.4 Å². The largest absolute Gasteiger partial charge is 0.496 e. The van der Waals surface area contributed by atoms with E-state index >= 15 is 0 Å². The van der Waals surface area contributed by atoms with Crippen LogP contribution in [0.15, 0.2) is 48.7 Å². The van der Waals surface area contributed by atoms with Gasteiger partial charge in [-0.15, -0.1) is 5.10 Å². The summed E-state index contributed by atoms with van der Waals surface area (Å²) >= 11 is 5.99. The van der Waals surface area contributed by atoms with E-state index in [1.165, 1.54) is 10.9 Å². The fraction of sp³-hybridized carbons (Fsp3) is 0.211. The van der Waals surface area contributed by atoms with E-state index in [4.69, 9.17) is 16.3 Å². The number of nitrogens with zero attached hydrogens (tertiary/aromatic N) is 3. The number of halogens is 1. The maximum absolute atomic E-state index is 12.3. The van der Waals surface area contributed by atoms with Crippen molar-refractivity contribution in [3.63, 3.8) is 0 Å². The lowest BCUT2D eigenvalue weighted by atomic mass is 10.1. The summed E-state index contributed by atoms with van der Waals surface area (Å²) < 4.78 is 6.67. The van der Waals surface area contributed by atoms with Crippen LogP contribution in [0.1, 0.15) is 27.7 Å². The second-order valence-electron chi connectivity index (χ2n) is 6.00. The molecular formula is C19H19ClN4O3. The predicted molar refractivity (Wildman–Crippen MR) is 102 cm³/mol. The highest BCUT2D eigenvalue weighted by atomic mass is 35.5. The number of aliphatic hydroxyl groups excluding tert-OH is 1. The summed E-state index contributed by atoms with van der Waals surface area (Å²) in [6.07, 6.45) is 0.634. The Morgan fingerprint density at radius 2 is 2.11 bits per heavy atom. The topological polar surface area (TPSA) is 89.3 Å². The number of aromatic nitrogens is 3. The number of carbonyl (C=O) groups is 1. The van der Waals surface area contributed by atoms with Crippen LogP contribution in [0.5, 0.6) is 5.75 Å². The molecule has 2 N–H and O–H groups in total. The van der Waals surface area contributed by atoms with Gasteiger partial charge in [-0.3, -0.25) is 4.79 Å². The zero-order chi connectivity index (χ0) is 19.4. The second-order valence-corrected chi connectivity index (χ2v) is 6.41. The third-order valence-electron chi connectivity index (χ3n) is 4.05. The number of benzene rings is 2. The lowest BCUT2D eigenvalue weighted by Crippen LogP contribution is -2.13. The van der Waals surface area contributed by atoms with E-state index < -0.39 is 12.0 Å². The zero-order valence-corrected chi connectivity index (χ0v) is 15.6. The quantitative estimate of drug-likeness (QED) is 0.678. The summed E-state index contributed by atoms with van der Waals surface area (Å²) in [5.41, 5.74) is 2.26. The van der Waals surface area contributed by atoms with Gasteiger partial charge in [0.15, 0.2) is 5.69 Å². The zero-order valence-electron chi connectivity index (χ0n) is 14.9. The van der Waals surface area contributed by atoms with Crippen molar-refractivity contribution in [3.8, 4) is 5.75 Å². The smallest absolute Gasteiger partial charge is 0.277 e. The lowest BCUT2D eigenvalue weighted by molar-refractivity contribution is 0.102. The number of hydrogen-bond acceptors (Lipinski definition) is 5. The number of amides is 1. The van der Waals surface area contributed by atoms with E-state index in [-0.39, 0.29) is 12.2 Å². The van der Waals surface area contributed by atoms with E-state index in [0.29, 0.717) is 22.0 Å². The number of ether oxygens (including phenoxy) is 1. The van der Waals surface area contributed by atoms with Crippen LogP contribution in [0, 0.1) is 6.92 Å². The molecule has 0 fully saturated rings. The van der Waals surface area contributed by atoms with Crippen molar-refractivity contribution in [1.82, 2.24) is 15.0 Å². The molecule has 0 spiro atoms. The number of rotatable bonds is 6. The van der Waals surface area contributed by atoms with Crippen molar-refractivity contribution in [1.29, 1.82) is 0 Å². The molecule has 7 nitrogen and oxygen atoms in total. The minimum Gasteiger partial charge on any atom is -0.496 e. The van der Waals surface area contributed by atoms with Crippen LogP contribution in [-0.4, -0.2) is 33.1 Å². The summed E-state index contributed by atoms with van der Waals surface area (Å²) in [4.78, 5) is 12.3. The Kier molecular flexibility index (Phi) is 5.73. The molecule has 1 heterocycles. The average Bonchev–Trinajstić information content (AvgIpc) is 3.13. The second kappa shape index (κ2) is 8.20. The van der Waals surface area contributed by atoms with E-state index in [9.17, 15) is 9.90 Å². The SMILES string of the molecule is COc1ccccc1[C@@H](O)Cn1cc(C(=O)Nc2ccc(Cl)c(C)c2)nn1. The molecule has 1 aromatic heterocycles. The maximum Gasteiger partial charge on any atom is 0.277 e. The van der Waals surface area contributed by atoms with Crippen molar-refractivity contribution >= 4 is 23.2 Å². The van der Waals surface area contributed by atoms with Gasteiger partial charge in [0.05, 0.1) is 19.9 Å². The van der Waals surface area contributed by atoms with Crippen LogP contribution < -0.4 is 10.1 Å². The summed E-state index contributed by atoms with van der Waals surface area (Å²) in [6, 6.07) is 12.4. The molecule has 0 aliphatic rings. The predicted octanol–water partition coefficient (Wildman–Crippen LogP) is 3.23. The molecule has 1 atom stereocenters. The molecule has 27 heavy (non-hydrogen) atoms. The van der Waals surface area contributed by atoms with Crippen LogP contribution in [0.3, 0.4) is 0 Å². The summed E-state index contributed by atoms with van der Waals surface area (Å²) in [7, 11) is 1.54. The van der Waals surface area contributed by atoms with Crippen molar-refractivity contribution in [2.24, 2.45) is 0 Å². The van der Waals surface area contributed by atoms with Crippen LogP contribution in [0.4, 0.5) is 5.69 Å². The molecule has 140 valence electrons. The van der Waals surface area contributed by atoms with Crippen molar-refractivity contribution in [2.75, 3.05) is 12.4 Å². The van der Waals surface area contributed by atoms with Gasteiger partial charge in [0.2, 0.25) is 0 Å². The van der Waals surface area contributed by atoms with Crippen LogP contribution in [0.25, 0.3) is 0 Å². The Hall–Kier alpha value is -2.90. The molecule has 0 saturated carbocycles. The first kappa shape index (κ1) is 18.9. The first-order valence-electron chi connectivity index (χ1n) is 8.26. The van der Waals surface area contributed by atoms with Gasteiger partial charge < -0.3 is 15.2 Å². The Morgan fingerprint density at radius 1 is 1.33 bits per heavy atom. The molecule has 2 aromatic carbocycles. The van der Waals surface area contributed by atoms with Crippen molar-refractivity contribution in [3.05, 3.63) is 70.5 Å². The van der Waals surface area contributed by atoms with Gasteiger partial charge in [-0.2, -0.15) is 0 Å². The highest BCUT2D eigenvalue weighted by Crippen LogP contribution is 2.25. The Balaban J connectivity index is 1.68. The number of nitrogens with one attached hydrogen (secondary N) is 1. The van der Waals surface area contributed by atoms with Crippen LogP contribution in [-0.2, 0) is 6.54 Å². The minimum atomic E-state index is -0.849. The van der Waals surface area contributed by atoms with E-state index in [0.717, 1.165) is 5.56 Å². The first-order chi connectivity index (χ1) is 13.0. The Bertz CT molecular complexity index is 958. The average molecular weight is 387 g/mol. The van der Waals surface area contributed by atoms with Crippen LogP contribution in [0.2, 0.25) is 5.02 Å². The fourth-order valence-corrected chi connectivity index (χ4v) is 2.74. The van der Waals surface area contributed by atoms with Gasteiger partial charge in [-0.05, 0) is 36.8 Å². The molecule has 0 aliphatic carbocycles. The third kappa shape index (κ3) is 4.45. The van der Waals surface area contributed by atoms with Gasteiger partial charge in [-0.1, -0.05) is 35.0 Å². The third-order valence-corrected chi connectivity index (χ3v) is 4.47. The highest BCUT2D eigenvalue weighted by Gasteiger charge is 2.16. The van der Waals surface area contributed by atoms with Gasteiger partial charge in [0, 0.05) is 16.3 Å². The number of methoxy groups -OCH3 is 1. The van der Waals surface area contributed by atoms with Gasteiger partial charge >= 0.3 is 0 Å². The molecular weight excluding hydrogens is 368 g/mol. The molecule has 0 saturated heterocycles. The molecule has 8 heteroatoms. The van der Waals surface area contributed by atoms with E-state index in [2.05, 4.69) is 15.6 Å². The standard InChI is InChI=1S/C19H19ClN4O3/c1-12-9-13(7-8-15(12)20)21-19(26)16-10-24(23-22-16)11-17(25)14-5-3-4-6-18(14)27-2/h3-10,17,25H,11H2,1-2H3,(H,21,26)/t17-/m0/s1. The number of carbonyl (C=O) groups excluding carboxylic acids is 1. The van der Waals surface area contributed by atoms with Gasteiger partial charge in [0.25, 0.3) is 5.91 Å². The van der Waals surface area contributed by atoms with Gasteiger partial charge in [0.1, 0.15) is 11.9 Å². The maximum atomic E-state index is 12.3. The Morgan fingerprint density at radius 3 is 2.85 bits per heavy atom. The van der Waals surface area contributed by atoms with Gasteiger partial charge in [-0.25, -0.2) is 4.68 Å². The number of aryl methyl sites for hydroxylation is 1. The lowest BCUT2D eigenvalue weighted by Gasteiger charge is -2.14. The van der Waals surface area contributed by atoms with Crippen LogP contribution >= 0.6 is 11.6 Å². The van der Waals surface area contributed by atoms with Crippen molar-refractivity contribution in [2.45, 2.75) is 19.6 Å². The first-order valence-corrected chi connectivity index (χ1v) is 8.64. The molecule has 0 aliphatic heterocycles. The fourth-order valence-electron chi connectivity index (χ4n) is 2.63. The number of aliphatic hydroxyl groups is 1. The molecule has 3 rings (SSSR count). The Labute approximate surface area is 161 Å². The number of anilines is 1. The number of para-hydroxylation sites is 1. The monoisotopic (exact) mass is 386 g/mol. The van der Waals surface area contributed by atoms with E-state index in [1.807, 2.05) is 19.1 Å². The highest BCUT2D eigenvalue weighted by molar-refractivity contribution is 6.31. The summed E-state index contributed by atoms with van der Waals surface area (Å²) in [6.45, 7) is 1.99. The molecule has 0 unspecified atom stereocenters. The normalized spacial score (nSPS) is 11.9. The summed E-state index contributed by atoms with van der Waals surface area (Å²) in [5.74, 6) is 0.191. The van der Waals surface area contributed by atoms with Crippen molar-refractivity contribution < 1.29 is 14.6 Å². The molecule has 1 amide bonds. The summed E-state index contributed by atoms with van der Waals surface area (Å²) in [5, 5.41) is 21.6. The molecule has 0 radical (unpaired) electrons. The minimum absolute atomic E-state index is 0.140. The molecule has 3 aromatic rings. The molecule has 0 bridgehead atoms. The number of hydrogen-bond donors (Lipinski definition) is 2.